The molecule has 174 valence electrons. The molecule has 33 heavy (non-hydrogen) atoms. The number of hydrogen-bond donors (Lipinski definition) is 1. The third kappa shape index (κ3) is 5.75. The fourth-order valence-corrected chi connectivity index (χ4v) is 3.98. The Bertz CT molecular complexity index is 1110. The van der Waals surface area contributed by atoms with Crippen LogP contribution >= 0.6 is 0 Å². The van der Waals surface area contributed by atoms with Crippen molar-refractivity contribution in [2.24, 2.45) is 0 Å². The second-order valence-electron chi connectivity index (χ2n) is 7.92. The molecule has 0 unspecified atom stereocenters. The zero-order valence-corrected chi connectivity index (χ0v) is 18.8. The monoisotopic (exact) mass is 451 g/mol. The molecule has 1 fully saturated rings. The largest absolute Gasteiger partial charge is 0.383 e. The van der Waals surface area contributed by atoms with Crippen molar-refractivity contribution in [3.05, 3.63) is 63.8 Å². The van der Waals surface area contributed by atoms with Crippen molar-refractivity contribution < 1.29 is 14.4 Å². The number of nitro groups is 1. The van der Waals surface area contributed by atoms with Crippen LogP contribution in [0.1, 0.15) is 11.3 Å². The summed E-state index contributed by atoms with van der Waals surface area (Å²) in [5.74, 6) is 0. The Labute approximate surface area is 192 Å². The van der Waals surface area contributed by atoms with Crippen LogP contribution < -0.4 is 4.90 Å². The van der Waals surface area contributed by atoms with Gasteiger partial charge in [0, 0.05) is 57.0 Å². The van der Waals surface area contributed by atoms with Gasteiger partial charge in [-0.15, -0.1) is 0 Å². The van der Waals surface area contributed by atoms with E-state index in [1.165, 1.54) is 0 Å². The molecular formula is C24H29N5O4. The number of aromatic nitrogens is 2. The third-order valence-electron chi connectivity index (χ3n) is 5.85. The van der Waals surface area contributed by atoms with Crippen LogP contribution in [0.3, 0.4) is 0 Å². The Hall–Kier alpha value is -3.27. The average Bonchev–Trinajstić information content (AvgIpc) is 3.26. The van der Waals surface area contributed by atoms with Gasteiger partial charge in [-0.25, -0.2) is 0 Å². The molecule has 0 saturated carbocycles. The molecule has 0 radical (unpaired) electrons. The first-order chi connectivity index (χ1) is 16.2. The van der Waals surface area contributed by atoms with E-state index >= 15 is 0 Å². The van der Waals surface area contributed by atoms with Crippen LogP contribution in [0.25, 0.3) is 23.1 Å². The molecule has 2 heterocycles. The topological polar surface area (TPSA) is 96.8 Å². The quantitative estimate of drug-likeness (QED) is 0.373. The Morgan fingerprint density at radius 1 is 1.21 bits per heavy atom. The highest BCUT2D eigenvalue weighted by Crippen LogP contribution is 2.28. The Balaban J connectivity index is 1.59. The molecule has 9 nitrogen and oxygen atoms in total. The van der Waals surface area contributed by atoms with E-state index in [-0.39, 0.29) is 10.6 Å². The molecule has 3 aromatic rings. The highest BCUT2D eigenvalue weighted by Gasteiger charge is 2.17. The van der Waals surface area contributed by atoms with E-state index in [2.05, 4.69) is 20.0 Å². The van der Waals surface area contributed by atoms with Crippen molar-refractivity contribution in [2.75, 3.05) is 64.6 Å². The molecule has 9 heteroatoms. The number of methoxy groups -OCH3 is 1. The summed E-state index contributed by atoms with van der Waals surface area (Å²) in [5.41, 5.74) is 3.20. The van der Waals surface area contributed by atoms with E-state index in [0.717, 1.165) is 61.7 Å². The maximum absolute atomic E-state index is 11.7. The van der Waals surface area contributed by atoms with Gasteiger partial charge in [-0.1, -0.05) is 18.2 Å². The van der Waals surface area contributed by atoms with E-state index in [4.69, 9.17) is 9.47 Å². The number of hydrogen-bond acceptors (Lipinski definition) is 7. The van der Waals surface area contributed by atoms with Gasteiger partial charge in [-0.05, 0) is 30.4 Å². The minimum absolute atomic E-state index is 0.0645. The lowest BCUT2D eigenvalue weighted by Crippen LogP contribution is -2.42. The van der Waals surface area contributed by atoms with Gasteiger partial charge in [0.1, 0.15) is 0 Å². The first kappa shape index (κ1) is 22.9. The van der Waals surface area contributed by atoms with Crippen molar-refractivity contribution in [2.45, 2.75) is 0 Å². The van der Waals surface area contributed by atoms with Gasteiger partial charge < -0.3 is 14.4 Å². The van der Waals surface area contributed by atoms with Crippen molar-refractivity contribution >= 4 is 34.4 Å². The number of morpholine rings is 1. The summed E-state index contributed by atoms with van der Waals surface area (Å²) in [6.07, 6.45) is 3.58. The van der Waals surface area contributed by atoms with Crippen molar-refractivity contribution in [1.29, 1.82) is 0 Å². The zero-order chi connectivity index (χ0) is 23.0. The first-order valence-electron chi connectivity index (χ1n) is 11.1. The van der Waals surface area contributed by atoms with Crippen LogP contribution in [0.4, 0.5) is 11.4 Å². The number of para-hydroxylation sites is 1. The second kappa shape index (κ2) is 11.0. The van der Waals surface area contributed by atoms with Gasteiger partial charge in [-0.2, -0.15) is 5.10 Å². The molecule has 0 bridgehead atoms. The van der Waals surface area contributed by atoms with E-state index in [1.807, 2.05) is 42.5 Å². The molecule has 0 atom stereocenters. The maximum atomic E-state index is 11.7. The molecule has 4 rings (SSSR count). The summed E-state index contributed by atoms with van der Waals surface area (Å²) in [4.78, 5) is 15.9. The van der Waals surface area contributed by atoms with Gasteiger partial charge in [0.15, 0.2) is 0 Å². The molecule has 0 amide bonds. The maximum Gasteiger partial charge on any atom is 0.276 e. The van der Waals surface area contributed by atoms with E-state index in [1.54, 1.807) is 19.3 Å². The first-order valence-corrected chi connectivity index (χ1v) is 11.1. The van der Waals surface area contributed by atoms with Crippen LogP contribution in [-0.2, 0) is 9.47 Å². The van der Waals surface area contributed by atoms with E-state index in [9.17, 15) is 10.1 Å². The van der Waals surface area contributed by atoms with Crippen LogP contribution in [0.15, 0.2) is 42.5 Å². The molecule has 1 aliphatic heterocycles. The molecule has 1 aromatic heterocycles. The standard InChI is InChI=1S/C24H29N5O4/c1-32-15-14-28(11-10-27-12-16-33-17-13-27)20-7-9-24(29(30)31)19(18-20)6-8-23-21-4-2-3-5-22(21)25-26-23/h2-9,18H,10-17H2,1H3,(H,25,26). The third-order valence-corrected chi connectivity index (χ3v) is 5.85. The number of nitrogens with zero attached hydrogens (tertiary/aromatic N) is 4. The Morgan fingerprint density at radius 2 is 2.03 bits per heavy atom. The highest BCUT2D eigenvalue weighted by molar-refractivity contribution is 5.90. The number of anilines is 1. The smallest absolute Gasteiger partial charge is 0.276 e. The summed E-state index contributed by atoms with van der Waals surface area (Å²) in [5, 5.41) is 20.0. The molecule has 0 aliphatic carbocycles. The number of fused-ring (bicyclic) bond motifs is 1. The highest BCUT2D eigenvalue weighted by atomic mass is 16.6. The van der Waals surface area contributed by atoms with Crippen LogP contribution in [0.5, 0.6) is 0 Å². The van der Waals surface area contributed by atoms with Crippen molar-refractivity contribution in [1.82, 2.24) is 15.1 Å². The average molecular weight is 452 g/mol. The van der Waals surface area contributed by atoms with Gasteiger partial charge in [0.05, 0.1) is 41.5 Å². The van der Waals surface area contributed by atoms with Gasteiger partial charge >= 0.3 is 0 Å². The summed E-state index contributed by atoms with van der Waals surface area (Å²) in [6, 6.07) is 13.1. The predicted octanol–water partition coefficient (Wildman–Crippen LogP) is 3.43. The van der Waals surface area contributed by atoms with E-state index in [0.29, 0.717) is 18.7 Å². The minimum atomic E-state index is -0.348. The van der Waals surface area contributed by atoms with Crippen molar-refractivity contribution in [3.8, 4) is 0 Å². The number of ether oxygens (including phenoxy) is 2. The van der Waals surface area contributed by atoms with Gasteiger partial charge in [0.25, 0.3) is 5.69 Å². The molecule has 1 saturated heterocycles. The van der Waals surface area contributed by atoms with Crippen LogP contribution in [0.2, 0.25) is 0 Å². The molecular weight excluding hydrogens is 422 g/mol. The SMILES string of the molecule is COCCN(CCN1CCOCC1)c1ccc([N+](=O)[O-])c(C=Cc2n[nH]c3ccccc23)c1. The lowest BCUT2D eigenvalue weighted by molar-refractivity contribution is -0.385. The number of benzene rings is 2. The number of nitro benzene ring substituents is 1. The number of rotatable bonds is 10. The summed E-state index contributed by atoms with van der Waals surface area (Å²) in [6.45, 7) is 6.33. The lowest BCUT2D eigenvalue weighted by atomic mass is 10.1. The van der Waals surface area contributed by atoms with Crippen LogP contribution in [-0.4, -0.2) is 79.7 Å². The Morgan fingerprint density at radius 3 is 2.82 bits per heavy atom. The lowest BCUT2D eigenvalue weighted by Gasteiger charge is -2.31. The fraction of sp³-hybridized carbons (Fsp3) is 0.375. The van der Waals surface area contributed by atoms with E-state index < -0.39 is 0 Å². The molecule has 1 N–H and O–H groups in total. The second-order valence-corrected chi connectivity index (χ2v) is 7.92. The Kier molecular flexibility index (Phi) is 7.66. The molecule has 0 spiro atoms. The van der Waals surface area contributed by atoms with Gasteiger partial charge in [-0.3, -0.25) is 20.1 Å². The van der Waals surface area contributed by atoms with Gasteiger partial charge in [0.2, 0.25) is 0 Å². The normalized spacial score (nSPS) is 14.8. The minimum Gasteiger partial charge on any atom is -0.383 e. The number of aromatic amines is 1. The van der Waals surface area contributed by atoms with Crippen LogP contribution in [0, 0.1) is 10.1 Å². The summed E-state index contributed by atoms with van der Waals surface area (Å²) >= 11 is 0. The molecule has 1 aliphatic rings. The van der Waals surface area contributed by atoms with Crippen molar-refractivity contribution in [3.63, 3.8) is 0 Å². The number of H-pyrrole nitrogens is 1. The predicted molar refractivity (Wildman–Crippen MR) is 129 cm³/mol. The summed E-state index contributed by atoms with van der Waals surface area (Å²) < 4.78 is 10.7. The number of nitrogens with one attached hydrogen (secondary N) is 1. The summed E-state index contributed by atoms with van der Waals surface area (Å²) in [7, 11) is 1.68. The fourth-order valence-electron chi connectivity index (χ4n) is 3.98. The zero-order valence-electron chi connectivity index (χ0n) is 18.8. The molecule has 2 aromatic carbocycles.